The molecule has 3 rings (SSSR count). The zero-order chi connectivity index (χ0) is 14.3. The number of ether oxygens (including phenoxy) is 1. The first-order valence-electron chi connectivity index (χ1n) is 7.02. The standard InChI is InChI=1S/C15H17Cl3O2/c16-9-6-10(17)14(11(18)7-9)20-13-8-12(19)15(13)4-2-1-3-5-15/h6-7,12-13,19H,1-5,8H2. The van der Waals surface area contributed by atoms with E-state index in [1.165, 1.54) is 6.42 Å². The van der Waals surface area contributed by atoms with Crippen LogP contribution in [0, 0.1) is 5.41 Å². The second-order valence-corrected chi connectivity index (χ2v) is 7.10. The molecule has 2 aliphatic rings. The lowest BCUT2D eigenvalue weighted by Crippen LogP contribution is -2.60. The average molecular weight is 336 g/mol. The number of benzene rings is 1. The summed E-state index contributed by atoms with van der Waals surface area (Å²) < 4.78 is 6.05. The van der Waals surface area contributed by atoms with Gasteiger partial charge in [0.25, 0.3) is 0 Å². The van der Waals surface area contributed by atoms with Gasteiger partial charge in [0.2, 0.25) is 0 Å². The third-order valence-electron chi connectivity index (χ3n) is 4.75. The molecule has 2 unspecified atom stereocenters. The van der Waals surface area contributed by atoms with Crippen molar-refractivity contribution in [1.82, 2.24) is 0 Å². The third kappa shape index (κ3) is 2.41. The number of halogens is 3. The van der Waals surface area contributed by atoms with Crippen molar-refractivity contribution in [2.24, 2.45) is 5.41 Å². The van der Waals surface area contributed by atoms with Gasteiger partial charge in [0.05, 0.1) is 16.1 Å². The smallest absolute Gasteiger partial charge is 0.157 e. The second-order valence-electron chi connectivity index (χ2n) is 5.85. The lowest BCUT2D eigenvalue weighted by atomic mass is 9.56. The summed E-state index contributed by atoms with van der Waals surface area (Å²) in [5.74, 6) is 0.486. The molecule has 5 heteroatoms. The molecular weight excluding hydrogens is 319 g/mol. The zero-order valence-corrected chi connectivity index (χ0v) is 13.3. The Morgan fingerprint density at radius 1 is 1.05 bits per heavy atom. The number of aliphatic hydroxyl groups excluding tert-OH is 1. The first-order chi connectivity index (χ1) is 9.53. The van der Waals surface area contributed by atoms with E-state index in [1.54, 1.807) is 12.1 Å². The Morgan fingerprint density at radius 2 is 1.65 bits per heavy atom. The molecule has 110 valence electrons. The summed E-state index contributed by atoms with van der Waals surface area (Å²) in [6, 6.07) is 3.26. The summed E-state index contributed by atoms with van der Waals surface area (Å²) in [5, 5.41) is 11.5. The average Bonchev–Trinajstić information content (AvgIpc) is 2.42. The van der Waals surface area contributed by atoms with Crippen molar-refractivity contribution in [2.75, 3.05) is 0 Å². The molecule has 0 heterocycles. The SMILES string of the molecule is OC1CC(Oc2c(Cl)cc(Cl)cc2Cl)C12CCCCC2. The quantitative estimate of drug-likeness (QED) is 0.814. The molecule has 1 aromatic rings. The molecule has 1 N–H and O–H groups in total. The van der Waals surface area contributed by atoms with Crippen LogP contribution in [0.1, 0.15) is 38.5 Å². The predicted octanol–water partition coefficient (Wildman–Crippen LogP) is 5.11. The highest BCUT2D eigenvalue weighted by molar-refractivity contribution is 6.40. The summed E-state index contributed by atoms with van der Waals surface area (Å²) in [6.45, 7) is 0. The zero-order valence-electron chi connectivity index (χ0n) is 11.0. The van der Waals surface area contributed by atoms with Crippen LogP contribution >= 0.6 is 34.8 Å². The van der Waals surface area contributed by atoms with Crippen LogP contribution in [0.3, 0.4) is 0 Å². The lowest BCUT2D eigenvalue weighted by Gasteiger charge is -2.55. The summed E-state index contributed by atoms with van der Waals surface area (Å²) in [4.78, 5) is 0. The van der Waals surface area contributed by atoms with Gasteiger partial charge in [-0.1, -0.05) is 54.1 Å². The van der Waals surface area contributed by atoms with Crippen molar-refractivity contribution in [3.05, 3.63) is 27.2 Å². The van der Waals surface area contributed by atoms with Gasteiger partial charge in [-0.25, -0.2) is 0 Å². The topological polar surface area (TPSA) is 29.5 Å². The molecule has 0 aromatic heterocycles. The molecule has 0 bridgehead atoms. The maximum atomic E-state index is 10.2. The van der Waals surface area contributed by atoms with Gasteiger partial charge < -0.3 is 9.84 Å². The van der Waals surface area contributed by atoms with Gasteiger partial charge in [0.15, 0.2) is 5.75 Å². The van der Waals surface area contributed by atoms with Crippen LogP contribution in [0.15, 0.2) is 12.1 Å². The normalized spacial score (nSPS) is 28.2. The predicted molar refractivity (Wildman–Crippen MR) is 82.0 cm³/mol. The Hall–Kier alpha value is -0.150. The number of rotatable bonds is 2. The molecule has 0 aliphatic heterocycles. The maximum absolute atomic E-state index is 10.2. The van der Waals surface area contributed by atoms with Gasteiger partial charge in [-0.15, -0.1) is 0 Å². The van der Waals surface area contributed by atoms with Crippen molar-refractivity contribution in [1.29, 1.82) is 0 Å². The minimum atomic E-state index is -0.266. The van der Waals surface area contributed by atoms with Gasteiger partial charge in [-0.05, 0) is 25.0 Å². The Balaban J connectivity index is 1.82. The first-order valence-corrected chi connectivity index (χ1v) is 8.15. The Bertz CT molecular complexity index is 489. The van der Waals surface area contributed by atoms with E-state index in [0.717, 1.165) is 25.7 Å². The van der Waals surface area contributed by atoms with E-state index in [9.17, 15) is 5.11 Å². The fourth-order valence-electron chi connectivity index (χ4n) is 3.54. The molecular formula is C15H17Cl3O2. The molecule has 20 heavy (non-hydrogen) atoms. The molecule has 2 fully saturated rings. The molecule has 2 nitrogen and oxygen atoms in total. The minimum Gasteiger partial charge on any atom is -0.487 e. The van der Waals surface area contributed by atoms with Crippen LogP contribution in [-0.2, 0) is 0 Å². The summed E-state index contributed by atoms with van der Waals surface area (Å²) in [5.41, 5.74) is -0.107. The van der Waals surface area contributed by atoms with Crippen molar-refractivity contribution in [3.63, 3.8) is 0 Å². The van der Waals surface area contributed by atoms with Crippen molar-refractivity contribution >= 4 is 34.8 Å². The molecule has 2 atom stereocenters. The van der Waals surface area contributed by atoms with Crippen LogP contribution < -0.4 is 4.74 Å². The summed E-state index contributed by atoms with van der Waals surface area (Å²) in [7, 11) is 0. The monoisotopic (exact) mass is 334 g/mol. The fraction of sp³-hybridized carbons (Fsp3) is 0.600. The Labute approximate surface area is 134 Å². The van der Waals surface area contributed by atoms with Crippen LogP contribution in [0.4, 0.5) is 0 Å². The first kappa shape index (κ1) is 14.8. The molecule has 2 saturated carbocycles. The van der Waals surface area contributed by atoms with E-state index in [4.69, 9.17) is 39.5 Å². The molecule has 1 aromatic carbocycles. The van der Waals surface area contributed by atoms with E-state index < -0.39 is 0 Å². The van der Waals surface area contributed by atoms with Crippen LogP contribution in [0.2, 0.25) is 15.1 Å². The van der Waals surface area contributed by atoms with E-state index in [1.807, 2.05) is 0 Å². The van der Waals surface area contributed by atoms with Crippen molar-refractivity contribution in [3.8, 4) is 5.75 Å². The van der Waals surface area contributed by atoms with E-state index >= 15 is 0 Å². The van der Waals surface area contributed by atoms with E-state index in [2.05, 4.69) is 0 Å². The van der Waals surface area contributed by atoms with Gasteiger partial charge in [-0.3, -0.25) is 0 Å². The molecule has 2 aliphatic carbocycles. The van der Waals surface area contributed by atoms with Gasteiger partial charge in [0, 0.05) is 16.9 Å². The highest BCUT2D eigenvalue weighted by Gasteiger charge is 2.56. The van der Waals surface area contributed by atoms with E-state index in [-0.39, 0.29) is 17.6 Å². The molecule has 0 amide bonds. The number of hydrogen-bond donors (Lipinski definition) is 1. The van der Waals surface area contributed by atoms with Gasteiger partial charge in [-0.2, -0.15) is 0 Å². The largest absolute Gasteiger partial charge is 0.487 e. The Morgan fingerprint density at radius 3 is 2.20 bits per heavy atom. The summed E-state index contributed by atoms with van der Waals surface area (Å²) >= 11 is 18.2. The number of hydrogen-bond acceptors (Lipinski definition) is 2. The molecule has 0 saturated heterocycles. The highest BCUT2D eigenvalue weighted by Crippen LogP contribution is 2.54. The summed E-state index contributed by atoms with van der Waals surface area (Å²) in [6.07, 6.45) is 5.95. The minimum absolute atomic E-state index is 0.00558. The third-order valence-corrected chi connectivity index (χ3v) is 5.53. The van der Waals surface area contributed by atoms with E-state index in [0.29, 0.717) is 27.2 Å². The van der Waals surface area contributed by atoms with Gasteiger partial charge >= 0.3 is 0 Å². The van der Waals surface area contributed by atoms with Gasteiger partial charge in [0.1, 0.15) is 6.10 Å². The second kappa shape index (κ2) is 5.57. The molecule has 0 radical (unpaired) electrons. The van der Waals surface area contributed by atoms with Crippen LogP contribution in [0.25, 0.3) is 0 Å². The van der Waals surface area contributed by atoms with Crippen molar-refractivity contribution < 1.29 is 9.84 Å². The highest BCUT2D eigenvalue weighted by atomic mass is 35.5. The Kier molecular flexibility index (Phi) is 4.11. The van der Waals surface area contributed by atoms with Crippen LogP contribution in [-0.4, -0.2) is 17.3 Å². The van der Waals surface area contributed by atoms with Crippen molar-refractivity contribution in [2.45, 2.75) is 50.7 Å². The maximum Gasteiger partial charge on any atom is 0.157 e. The number of aliphatic hydroxyl groups is 1. The van der Waals surface area contributed by atoms with Crippen LogP contribution in [0.5, 0.6) is 5.75 Å². The fourth-order valence-corrected chi connectivity index (χ4v) is 4.45. The lowest BCUT2D eigenvalue weighted by molar-refractivity contribution is -0.172. The molecule has 1 spiro atoms.